The van der Waals surface area contributed by atoms with Crippen LogP contribution in [0.1, 0.15) is 57.1 Å². The molecule has 19 heavy (non-hydrogen) atoms. The van der Waals surface area contributed by atoms with Gasteiger partial charge in [-0.1, -0.05) is 56.7 Å². The Bertz CT molecular complexity index is 479. The van der Waals surface area contributed by atoms with E-state index in [2.05, 4.69) is 56.0 Å². The van der Waals surface area contributed by atoms with Gasteiger partial charge in [-0.25, -0.2) is 0 Å². The van der Waals surface area contributed by atoms with Gasteiger partial charge in [-0.05, 0) is 54.9 Å². The van der Waals surface area contributed by atoms with Crippen LogP contribution in [-0.2, 0) is 6.42 Å². The topological polar surface area (TPSA) is 0 Å². The van der Waals surface area contributed by atoms with Crippen molar-refractivity contribution in [1.82, 2.24) is 0 Å². The van der Waals surface area contributed by atoms with Crippen LogP contribution in [0.5, 0.6) is 0 Å². The van der Waals surface area contributed by atoms with Crippen LogP contribution in [0.3, 0.4) is 0 Å². The molecule has 0 aromatic heterocycles. The molecule has 0 bridgehead atoms. The lowest BCUT2D eigenvalue weighted by atomic mass is 9.87. The van der Waals surface area contributed by atoms with Gasteiger partial charge in [0.1, 0.15) is 0 Å². The Morgan fingerprint density at radius 2 is 1.89 bits per heavy atom. The molecule has 100 valence electrons. The van der Waals surface area contributed by atoms with Crippen molar-refractivity contribution in [3.8, 4) is 11.8 Å². The molecule has 0 heteroatoms. The SMILES string of the molecule is CCCC1CC=C(C#Cc2ccc(CC)cc2)CC1. The fraction of sp³-hybridized carbons (Fsp3) is 0.474. The van der Waals surface area contributed by atoms with Crippen molar-refractivity contribution in [3.05, 3.63) is 47.0 Å². The molecule has 1 aliphatic carbocycles. The summed E-state index contributed by atoms with van der Waals surface area (Å²) in [6, 6.07) is 8.62. The molecule has 1 aromatic carbocycles. The smallest absolute Gasteiger partial charge is 0.0249 e. The third kappa shape index (κ3) is 4.28. The third-order valence-corrected chi connectivity index (χ3v) is 3.95. The second-order valence-corrected chi connectivity index (χ2v) is 5.46. The van der Waals surface area contributed by atoms with Gasteiger partial charge in [0.25, 0.3) is 0 Å². The molecule has 1 unspecified atom stereocenters. The standard InChI is InChI=1S/C19H24/c1-3-5-17-10-12-19(13-11-17)15-14-18-8-6-16(4-2)7-9-18/h6-9,12,17H,3-5,10-11,13H2,1-2H3. The Morgan fingerprint density at radius 3 is 2.47 bits per heavy atom. The Morgan fingerprint density at radius 1 is 1.11 bits per heavy atom. The zero-order valence-electron chi connectivity index (χ0n) is 12.2. The zero-order valence-corrected chi connectivity index (χ0v) is 12.2. The van der Waals surface area contributed by atoms with Crippen LogP contribution >= 0.6 is 0 Å². The third-order valence-electron chi connectivity index (χ3n) is 3.95. The molecule has 0 radical (unpaired) electrons. The Kier molecular flexibility index (Phi) is 5.28. The first-order chi connectivity index (χ1) is 9.31. The van der Waals surface area contributed by atoms with Crippen molar-refractivity contribution in [3.63, 3.8) is 0 Å². The summed E-state index contributed by atoms with van der Waals surface area (Å²) in [4.78, 5) is 0. The maximum atomic E-state index is 3.35. The minimum atomic E-state index is 0.902. The predicted molar refractivity (Wildman–Crippen MR) is 83.0 cm³/mol. The molecule has 0 aliphatic heterocycles. The van der Waals surface area contributed by atoms with Crippen molar-refractivity contribution in [2.75, 3.05) is 0 Å². The molecule has 2 rings (SSSR count). The van der Waals surface area contributed by atoms with Crippen molar-refractivity contribution in [2.24, 2.45) is 5.92 Å². The largest absolute Gasteiger partial charge is 0.0726 e. The highest BCUT2D eigenvalue weighted by atomic mass is 14.2. The lowest BCUT2D eigenvalue weighted by Crippen LogP contribution is -2.04. The van der Waals surface area contributed by atoms with Crippen LogP contribution in [0, 0.1) is 17.8 Å². The highest BCUT2D eigenvalue weighted by Gasteiger charge is 2.11. The van der Waals surface area contributed by atoms with E-state index in [9.17, 15) is 0 Å². The van der Waals surface area contributed by atoms with Gasteiger partial charge in [-0.15, -0.1) is 0 Å². The second kappa shape index (κ2) is 7.19. The van der Waals surface area contributed by atoms with Gasteiger partial charge >= 0.3 is 0 Å². The average molecular weight is 252 g/mol. The first-order valence-corrected chi connectivity index (χ1v) is 7.61. The number of rotatable bonds is 3. The van der Waals surface area contributed by atoms with Gasteiger partial charge in [-0.2, -0.15) is 0 Å². The van der Waals surface area contributed by atoms with Crippen molar-refractivity contribution < 1.29 is 0 Å². The quantitative estimate of drug-likeness (QED) is 0.654. The van der Waals surface area contributed by atoms with E-state index in [0.29, 0.717) is 0 Å². The molecule has 1 aromatic rings. The van der Waals surface area contributed by atoms with Crippen LogP contribution in [0.2, 0.25) is 0 Å². The monoisotopic (exact) mass is 252 g/mol. The number of aryl methyl sites for hydroxylation is 1. The van der Waals surface area contributed by atoms with Crippen LogP contribution < -0.4 is 0 Å². The molecular formula is C19H24. The van der Waals surface area contributed by atoms with Crippen molar-refractivity contribution in [2.45, 2.75) is 52.4 Å². The molecule has 0 saturated heterocycles. The Labute approximate surface area is 117 Å². The summed E-state index contributed by atoms with van der Waals surface area (Å²) < 4.78 is 0. The van der Waals surface area contributed by atoms with Gasteiger partial charge in [0.2, 0.25) is 0 Å². The molecule has 0 saturated carbocycles. The van der Waals surface area contributed by atoms with E-state index in [1.807, 2.05) is 0 Å². The van der Waals surface area contributed by atoms with E-state index >= 15 is 0 Å². The molecule has 1 aliphatic rings. The molecule has 0 fully saturated rings. The predicted octanol–water partition coefficient (Wildman–Crippen LogP) is 5.13. The summed E-state index contributed by atoms with van der Waals surface area (Å²) in [5.74, 6) is 7.55. The first kappa shape index (κ1) is 13.9. The van der Waals surface area contributed by atoms with Crippen molar-refractivity contribution >= 4 is 0 Å². The van der Waals surface area contributed by atoms with Gasteiger partial charge in [0.05, 0.1) is 0 Å². The molecule has 0 amide bonds. The first-order valence-electron chi connectivity index (χ1n) is 7.61. The molecule has 0 nitrogen and oxygen atoms in total. The molecule has 0 spiro atoms. The van der Waals surface area contributed by atoms with Gasteiger partial charge in [-0.3, -0.25) is 0 Å². The number of hydrogen-bond donors (Lipinski definition) is 0. The van der Waals surface area contributed by atoms with Gasteiger partial charge in [0.15, 0.2) is 0 Å². The number of hydrogen-bond acceptors (Lipinski definition) is 0. The highest BCUT2D eigenvalue weighted by Crippen LogP contribution is 2.26. The fourth-order valence-electron chi connectivity index (χ4n) is 2.65. The fourth-order valence-corrected chi connectivity index (χ4v) is 2.65. The van der Waals surface area contributed by atoms with E-state index in [1.165, 1.54) is 43.2 Å². The molecule has 1 atom stereocenters. The van der Waals surface area contributed by atoms with Crippen molar-refractivity contribution in [1.29, 1.82) is 0 Å². The van der Waals surface area contributed by atoms with E-state index < -0.39 is 0 Å². The summed E-state index contributed by atoms with van der Waals surface area (Å²) >= 11 is 0. The Hall–Kier alpha value is -1.48. The van der Waals surface area contributed by atoms with Crippen LogP contribution in [-0.4, -0.2) is 0 Å². The Balaban J connectivity index is 1.96. The molecule has 0 N–H and O–H groups in total. The van der Waals surface area contributed by atoms with E-state index in [0.717, 1.165) is 17.9 Å². The zero-order chi connectivity index (χ0) is 13.5. The van der Waals surface area contributed by atoms with E-state index in [4.69, 9.17) is 0 Å². The molecule has 0 heterocycles. The maximum Gasteiger partial charge on any atom is 0.0249 e. The summed E-state index contributed by atoms with van der Waals surface area (Å²) in [7, 11) is 0. The lowest BCUT2D eigenvalue weighted by molar-refractivity contribution is 0.436. The highest BCUT2D eigenvalue weighted by molar-refractivity contribution is 5.42. The van der Waals surface area contributed by atoms with Crippen LogP contribution in [0.4, 0.5) is 0 Å². The normalized spacial score (nSPS) is 18.4. The number of benzene rings is 1. The summed E-state index contributed by atoms with van der Waals surface area (Å²) in [6.45, 7) is 4.46. The second-order valence-electron chi connectivity index (χ2n) is 5.46. The molecular weight excluding hydrogens is 228 g/mol. The summed E-state index contributed by atoms with van der Waals surface area (Å²) in [5.41, 5.74) is 3.85. The minimum absolute atomic E-state index is 0.902. The van der Waals surface area contributed by atoms with Crippen LogP contribution in [0.25, 0.3) is 0 Å². The number of allylic oxidation sites excluding steroid dienone is 2. The van der Waals surface area contributed by atoms with Gasteiger partial charge < -0.3 is 0 Å². The van der Waals surface area contributed by atoms with E-state index in [-0.39, 0.29) is 0 Å². The summed E-state index contributed by atoms with van der Waals surface area (Å²) in [5, 5.41) is 0. The lowest BCUT2D eigenvalue weighted by Gasteiger charge is -2.18. The van der Waals surface area contributed by atoms with E-state index in [1.54, 1.807) is 0 Å². The van der Waals surface area contributed by atoms with Gasteiger partial charge in [0, 0.05) is 5.56 Å². The maximum absolute atomic E-state index is 3.35. The van der Waals surface area contributed by atoms with Crippen LogP contribution in [0.15, 0.2) is 35.9 Å². The minimum Gasteiger partial charge on any atom is -0.0726 e. The average Bonchev–Trinajstić information content (AvgIpc) is 2.47. The summed E-state index contributed by atoms with van der Waals surface area (Å²) in [6.07, 6.45) is 9.86.